The van der Waals surface area contributed by atoms with Crippen molar-refractivity contribution in [1.82, 2.24) is 14.2 Å². The van der Waals surface area contributed by atoms with Gasteiger partial charge in [-0.2, -0.15) is 0 Å². The number of halogens is 1. The van der Waals surface area contributed by atoms with E-state index in [4.69, 9.17) is 0 Å². The summed E-state index contributed by atoms with van der Waals surface area (Å²) in [6.07, 6.45) is 1.23. The largest absolute Gasteiger partial charge is 0.374 e. The van der Waals surface area contributed by atoms with Crippen LogP contribution in [0.1, 0.15) is 18.2 Å². The van der Waals surface area contributed by atoms with E-state index in [1.54, 1.807) is 0 Å². The van der Waals surface area contributed by atoms with Gasteiger partial charge in [-0.05, 0) is 29.8 Å². The molecule has 0 aliphatic heterocycles. The molecule has 2 aromatic heterocycles. The van der Waals surface area contributed by atoms with Crippen LogP contribution in [0.15, 0.2) is 15.5 Å². The number of rotatable bonds is 5. The standard InChI is InChI=1S/C11H12BrN5O3S/c1-3-13-10-7(14-15-21-10)4-16-5-8(17(19)20)6(2)9(12)11(16)18/h5,13H,3-4H2,1-2H3. The van der Waals surface area contributed by atoms with Crippen LogP contribution in [0.4, 0.5) is 10.7 Å². The van der Waals surface area contributed by atoms with Crippen molar-refractivity contribution in [2.75, 3.05) is 11.9 Å². The zero-order chi connectivity index (χ0) is 15.6. The van der Waals surface area contributed by atoms with Gasteiger partial charge in [0.2, 0.25) is 0 Å². The molecule has 1 N–H and O–H groups in total. The van der Waals surface area contributed by atoms with Crippen molar-refractivity contribution in [2.45, 2.75) is 20.4 Å². The number of nitrogens with one attached hydrogen (secondary N) is 1. The van der Waals surface area contributed by atoms with E-state index in [9.17, 15) is 14.9 Å². The molecule has 0 amide bonds. The van der Waals surface area contributed by atoms with Crippen molar-refractivity contribution < 1.29 is 4.92 Å². The molecule has 0 saturated carbocycles. The maximum Gasteiger partial charge on any atom is 0.289 e. The summed E-state index contributed by atoms with van der Waals surface area (Å²) in [6.45, 7) is 4.28. The normalized spacial score (nSPS) is 10.6. The Hall–Kier alpha value is -1.81. The lowest BCUT2D eigenvalue weighted by Crippen LogP contribution is -2.23. The van der Waals surface area contributed by atoms with Gasteiger partial charge in [-0.1, -0.05) is 4.49 Å². The highest BCUT2D eigenvalue weighted by Gasteiger charge is 2.19. The van der Waals surface area contributed by atoms with Gasteiger partial charge in [-0.3, -0.25) is 14.9 Å². The first-order valence-electron chi connectivity index (χ1n) is 6.04. The summed E-state index contributed by atoms with van der Waals surface area (Å²) < 4.78 is 5.27. The molecular weight excluding hydrogens is 362 g/mol. The van der Waals surface area contributed by atoms with E-state index in [1.165, 1.54) is 29.2 Å². The van der Waals surface area contributed by atoms with Crippen LogP contribution < -0.4 is 10.9 Å². The smallest absolute Gasteiger partial charge is 0.289 e. The lowest BCUT2D eigenvalue weighted by Gasteiger charge is -2.08. The second-order valence-electron chi connectivity index (χ2n) is 4.22. The van der Waals surface area contributed by atoms with E-state index in [0.29, 0.717) is 17.8 Å². The fourth-order valence-corrected chi connectivity index (χ4v) is 2.84. The lowest BCUT2D eigenvalue weighted by molar-refractivity contribution is -0.386. The zero-order valence-corrected chi connectivity index (χ0v) is 13.7. The summed E-state index contributed by atoms with van der Waals surface area (Å²) in [6, 6.07) is 0. The van der Waals surface area contributed by atoms with E-state index in [2.05, 4.69) is 30.8 Å². The van der Waals surface area contributed by atoms with Crippen molar-refractivity contribution >= 4 is 38.2 Å². The van der Waals surface area contributed by atoms with Gasteiger partial charge in [-0.15, -0.1) is 5.10 Å². The van der Waals surface area contributed by atoms with Crippen LogP contribution in [0, 0.1) is 17.0 Å². The Bertz CT molecular complexity index is 742. The minimum Gasteiger partial charge on any atom is -0.374 e. The predicted molar refractivity (Wildman–Crippen MR) is 83.0 cm³/mol. The SMILES string of the molecule is CCNc1snnc1Cn1cc([N+](=O)[O-])c(C)c(Br)c1=O. The minimum atomic E-state index is -0.513. The summed E-state index contributed by atoms with van der Waals surface area (Å²) in [5.41, 5.74) is 0.432. The Morgan fingerprint density at radius 3 is 2.90 bits per heavy atom. The van der Waals surface area contributed by atoms with Crippen molar-refractivity contribution in [3.8, 4) is 0 Å². The highest BCUT2D eigenvalue weighted by Crippen LogP contribution is 2.24. The summed E-state index contributed by atoms with van der Waals surface area (Å²) in [5, 5.41) is 18.8. The highest BCUT2D eigenvalue weighted by molar-refractivity contribution is 9.10. The molecule has 112 valence electrons. The first-order valence-corrected chi connectivity index (χ1v) is 7.61. The van der Waals surface area contributed by atoms with Gasteiger partial charge in [0.25, 0.3) is 11.2 Å². The molecule has 0 atom stereocenters. The van der Waals surface area contributed by atoms with Crippen LogP contribution in [0.5, 0.6) is 0 Å². The average molecular weight is 374 g/mol. The maximum atomic E-state index is 12.2. The van der Waals surface area contributed by atoms with Crippen molar-refractivity contribution in [3.63, 3.8) is 0 Å². The molecule has 21 heavy (non-hydrogen) atoms. The number of aromatic nitrogens is 3. The Labute approximate surface area is 132 Å². The molecule has 2 aromatic rings. The summed E-state index contributed by atoms with van der Waals surface area (Å²) >= 11 is 4.30. The first kappa shape index (κ1) is 15.6. The van der Waals surface area contributed by atoms with Crippen LogP contribution in [0.25, 0.3) is 0 Å². The zero-order valence-electron chi connectivity index (χ0n) is 11.3. The van der Waals surface area contributed by atoms with E-state index in [-0.39, 0.29) is 22.3 Å². The van der Waals surface area contributed by atoms with Gasteiger partial charge in [-0.25, -0.2) is 0 Å². The summed E-state index contributed by atoms with van der Waals surface area (Å²) in [7, 11) is 0. The fourth-order valence-electron chi connectivity index (χ4n) is 1.77. The number of hydrogen-bond acceptors (Lipinski definition) is 7. The third kappa shape index (κ3) is 3.10. The monoisotopic (exact) mass is 373 g/mol. The van der Waals surface area contributed by atoms with E-state index >= 15 is 0 Å². The van der Waals surface area contributed by atoms with Crippen molar-refractivity contribution in [3.05, 3.63) is 42.4 Å². The summed E-state index contributed by atoms with van der Waals surface area (Å²) in [5.74, 6) is 0. The van der Waals surface area contributed by atoms with E-state index in [0.717, 1.165) is 5.00 Å². The van der Waals surface area contributed by atoms with Crippen LogP contribution in [0.3, 0.4) is 0 Å². The quantitative estimate of drug-likeness (QED) is 0.636. The fraction of sp³-hybridized carbons (Fsp3) is 0.364. The Morgan fingerprint density at radius 1 is 1.57 bits per heavy atom. The first-order chi connectivity index (χ1) is 9.95. The Morgan fingerprint density at radius 2 is 2.29 bits per heavy atom. The molecule has 0 spiro atoms. The van der Waals surface area contributed by atoms with Crippen molar-refractivity contribution in [2.24, 2.45) is 0 Å². The van der Waals surface area contributed by atoms with Gasteiger partial charge in [0.05, 0.1) is 22.1 Å². The molecule has 0 unspecified atom stereocenters. The average Bonchev–Trinajstić information content (AvgIpc) is 2.87. The van der Waals surface area contributed by atoms with Gasteiger partial charge in [0.1, 0.15) is 10.7 Å². The lowest BCUT2D eigenvalue weighted by atomic mass is 10.2. The molecule has 0 aliphatic carbocycles. The van der Waals surface area contributed by atoms with E-state index in [1.807, 2.05) is 6.92 Å². The minimum absolute atomic E-state index is 0.116. The number of hydrogen-bond donors (Lipinski definition) is 1. The van der Waals surface area contributed by atoms with Gasteiger partial charge in [0.15, 0.2) is 0 Å². The topological polar surface area (TPSA) is 103 Å². The highest BCUT2D eigenvalue weighted by atomic mass is 79.9. The second kappa shape index (κ2) is 6.31. The third-order valence-electron chi connectivity index (χ3n) is 2.85. The Balaban J connectivity index is 2.47. The van der Waals surface area contributed by atoms with Gasteiger partial charge >= 0.3 is 0 Å². The third-order valence-corrected chi connectivity index (χ3v) is 4.51. The van der Waals surface area contributed by atoms with Crippen LogP contribution >= 0.6 is 27.5 Å². The predicted octanol–water partition coefficient (Wildman–Crippen LogP) is 2.16. The molecule has 0 saturated heterocycles. The van der Waals surface area contributed by atoms with Crippen molar-refractivity contribution in [1.29, 1.82) is 0 Å². The number of pyridine rings is 1. The molecular formula is C11H12BrN5O3S. The molecule has 2 heterocycles. The molecule has 0 radical (unpaired) electrons. The molecule has 0 fully saturated rings. The second-order valence-corrected chi connectivity index (χ2v) is 5.77. The molecule has 0 aliphatic rings. The molecule has 0 bridgehead atoms. The summed E-state index contributed by atoms with van der Waals surface area (Å²) in [4.78, 5) is 22.7. The number of nitro groups is 1. The molecule has 10 heteroatoms. The van der Waals surface area contributed by atoms with Crippen LogP contribution in [-0.2, 0) is 6.54 Å². The Kier molecular flexibility index (Phi) is 4.68. The molecule has 2 rings (SSSR count). The van der Waals surface area contributed by atoms with Gasteiger partial charge in [0, 0.05) is 23.6 Å². The van der Waals surface area contributed by atoms with Crippen LogP contribution in [0.2, 0.25) is 0 Å². The maximum absolute atomic E-state index is 12.2. The number of anilines is 1. The van der Waals surface area contributed by atoms with E-state index < -0.39 is 4.92 Å². The van der Waals surface area contributed by atoms with Gasteiger partial charge < -0.3 is 9.88 Å². The molecule has 8 nitrogen and oxygen atoms in total. The number of nitrogens with zero attached hydrogens (tertiary/aromatic N) is 4. The molecule has 0 aromatic carbocycles. The van der Waals surface area contributed by atoms with Crippen LogP contribution in [-0.4, -0.2) is 25.6 Å².